The molecule has 2 atom stereocenters. The Balaban J connectivity index is 2.37. The average Bonchev–Trinajstić information content (AvgIpc) is 2.88. The molecule has 0 aliphatic carbocycles. The molecule has 0 saturated carbocycles. The van der Waals surface area contributed by atoms with Gasteiger partial charge in [-0.2, -0.15) is 5.26 Å². The van der Waals surface area contributed by atoms with Gasteiger partial charge in [-0.25, -0.2) is 8.42 Å². The van der Waals surface area contributed by atoms with Crippen molar-refractivity contribution in [3.63, 3.8) is 0 Å². The summed E-state index contributed by atoms with van der Waals surface area (Å²) in [5.41, 5.74) is 11.2. The van der Waals surface area contributed by atoms with Crippen molar-refractivity contribution in [1.29, 1.82) is 5.26 Å². The highest BCUT2D eigenvalue weighted by Gasteiger charge is 2.31. The maximum atomic E-state index is 12.1. The Morgan fingerprint density at radius 2 is 2.27 bits per heavy atom. The number of hydrogen-bond donors (Lipinski definition) is 3. The van der Waals surface area contributed by atoms with Crippen molar-refractivity contribution in [3.05, 3.63) is 0 Å². The lowest BCUT2D eigenvalue weighted by Crippen LogP contribution is -2.45. The summed E-state index contributed by atoms with van der Waals surface area (Å²) in [7, 11) is -3.43. The zero-order valence-corrected chi connectivity index (χ0v) is 13.3. The van der Waals surface area contributed by atoms with Crippen molar-refractivity contribution in [1.82, 2.24) is 9.62 Å². The molecular formula is C12H22N6O3S. The van der Waals surface area contributed by atoms with Crippen LogP contribution in [0.1, 0.15) is 25.7 Å². The monoisotopic (exact) mass is 330 g/mol. The molecule has 5 N–H and O–H groups in total. The Kier molecular flexibility index (Phi) is 6.58. The van der Waals surface area contributed by atoms with E-state index in [0.29, 0.717) is 25.8 Å². The first kappa shape index (κ1) is 18.2. The van der Waals surface area contributed by atoms with E-state index in [9.17, 15) is 13.2 Å². The van der Waals surface area contributed by atoms with E-state index in [4.69, 9.17) is 16.7 Å². The number of guanidine groups is 1. The van der Waals surface area contributed by atoms with Crippen molar-refractivity contribution in [2.45, 2.75) is 37.8 Å². The van der Waals surface area contributed by atoms with Crippen LogP contribution >= 0.6 is 0 Å². The maximum absolute atomic E-state index is 12.1. The van der Waals surface area contributed by atoms with Crippen LogP contribution in [0.5, 0.6) is 0 Å². The van der Waals surface area contributed by atoms with E-state index in [0.717, 1.165) is 12.7 Å². The molecule has 9 nitrogen and oxygen atoms in total. The van der Waals surface area contributed by atoms with Gasteiger partial charge in [0.05, 0.1) is 18.4 Å². The van der Waals surface area contributed by atoms with Crippen molar-refractivity contribution in [2.75, 3.05) is 19.3 Å². The zero-order chi connectivity index (χ0) is 16.8. The van der Waals surface area contributed by atoms with Crippen LogP contribution in [0.15, 0.2) is 4.99 Å². The third-order valence-corrected chi connectivity index (χ3v) is 3.83. The Bertz CT molecular complexity index is 568. The van der Waals surface area contributed by atoms with Crippen LogP contribution in [-0.4, -0.2) is 56.6 Å². The molecule has 22 heavy (non-hydrogen) atoms. The van der Waals surface area contributed by atoms with Crippen molar-refractivity contribution >= 4 is 21.9 Å². The van der Waals surface area contributed by atoms with Gasteiger partial charge in [0.15, 0.2) is 0 Å². The van der Waals surface area contributed by atoms with Crippen LogP contribution in [-0.2, 0) is 14.8 Å². The number of carbonyl (C=O) groups is 1. The fourth-order valence-corrected chi connectivity index (χ4v) is 2.68. The maximum Gasteiger partial charge on any atom is 0.240 e. The number of amides is 1. The zero-order valence-electron chi connectivity index (χ0n) is 12.5. The fraction of sp³-hybridized carbons (Fsp3) is 0.750. The summed E-state index contributed by atoms with van der Waals surface area (Å²) in [6.45, 7) is 0.825. The molecule has 1 saturated heterocycles. The minimum absolute atomic E-state index is 0.188. The number of rotatable bonds is 6. The van der Waals surface area contributed by atoms with E-state index in [1.165, 1.54) is 4.90 Å². The van der Waals surface area contributed by atoms with Crippen LogP contribution in [0.3, 0.4) is 0 Å². The minimum atomic E-state index is -3.43. The predicted octanol–water partition coefficient (Wildman–Crippen LogP) is -1.53. The van der Waals surface area contributed by atoms with E-state index in [-0.39, 0.29) is 24.5 Å². The highest BCUT2D eigenvalue weighted by Crippen LogP contribution is 2.17. The topological polar surface area (TPSA) is 155 Å². The third kappa shape index (κ3) is 5.87. The largest absolute Gasteiger partial charge is 0.369 e. The van der Waals surface area contributed by atoms with Gasteiger partial charge in [0.1, 0.15) is 6.04 Å². The second-order valence-corrected chi connectivity index (χ2v) is 6.96. The number of nitrogens with zero attached hydrogens (tertiary/aromatic N) is 3. The highest BCUT2D eigenvalue weighted by molar-refractivity contribution is 7.89. The van der Waals surface area contributed by atoms with Crippen LogP contribution in [0.4, 0.5) is 0 Å². The molecule has 10 heteroatoms. The third-order valence-electron chi connectivity index (χ3n) is 3.25. The first-order valence-electron chi connectivity index (χ1n) is 6.98. The molecule has 1 fully saturated rings. The first-order valence-corrected chi connectivity index (χ1v) is 8.87. The second kappa shape index (κ2) is 7.95. The molecule has 0 unspecified atom stereocenters. The molecule has 1 heterocycles. The molecule has 1 aliphatic rings. The summed E-state index contributed by atoms with van der Waals surface area (Å²) < 4.78 is 23.9. The van der Waals surface area contributed by atoms with Gasteiger partial charge in [0, 0.05) is 13.1 Å². The lowest BCUT2D eigenvalue weighted by Gasteiger charge is -2.23. The van der Waals surface area contributed by atoms with E-state index >= 15 is 0 Å². The molecule has 0 radical (unpaired) electrons. The summed E-state index contributed by atoms with van der Waals surface area (Å²) in [5, 5.41) is 8.96. The molecule has 0 aromatic carbocycles. The Labute approximate surface area is 130 Å². The summed E-state index contributed by atoms with van der Waals surface area (Å²) in [6.07, 6.45) is 3.36. The van der Waals surface area contributed by atoms with Gasteiger partial charge in [-0.05, 0) is 25.7 Å². The summed E-state index contributed by atoms with van der Waals surface area (Å²) in [4.78, 5) is 17.5. The molecule has 1 aliphatic heterocycles. The minimum Gasteiger partial charge on any atom is -0.369 e. The number of carbonyl (C=O) groups excluding carboxylic acids is 1. The molecular weight excluding hydrogens is 308 g/mol. The number of aliphatic imine (C=N–C) groups is 1. The number of nitrogens with one attached hydrogen (secondary N) is 1. The molecule has 1 amide bonds. The summed E-state index contributed by atoms with van der Waals surface area (Å²) >= 11 is 0. The highest BCUT2D eigenvalue weighted by atomic mass is 32.2. The van der Waals surface area contributed by atoms with Gasteiger partial charge in [-0.3, -0.25) is 14.5 Å². The van der Waals surface area contributed by atoms with Gasteiger partial charge in [-0.15, -0.1) is 0 Å². The molecule has 0 aromatic rings. The average molecular weight is 330 g/mol. The van der Waals surface area contributed by atoms with E-state index < -0.39 is 16.1 Å². The quantitative estimate of drug-likeness (QED) is 0.305. The van der Waals surface area contributed by atoms with E-state index in [2.05, 4.69) is 11.1 Å². The number of nitriles is 1. The Hall–Kier alpha value is -1.86. The number of nitrogens with two attached hydrogens (primary N) is 2. The normalized spacial score (nSPS) is 20.5. The number of hydrogen-bond acceptors (Lipinski definition) is 6. The van der Waals surface area contributed by atoms with Crippen LogP contribution in [0.25, 0.3) is 0 Å². The summed E-state index contributed by atoms with van der Waals surface area (Å²) in [5.74, 6) is -0.415. The lowest BCUT2D eigenvalue weighted by atomic mass is 10.1. The first-order chi connectivity index (χ1) is 10.2. The Morgan fingerprint density at radius 3 is 2.86 bits per heavy atom. The SMILES string of the molecule is CS(=O)(=O)NC(N)=NCCC[C@H](N)C(=O)N1CCC[C@H]1C#N. The van der Waals surface area contributed by atoms with Crippen molar-refractivity contribution in [2.24, 2.45) is 16.5 Å². The summed E-state index contributed by atoms with van der Waals surface area (Å²) in [6, 6.07) is 1.03. The molecule has 0 bridgehead atoms. The molecule has 0 aromatic heterocycles. The van der Waals surface area contributed by atoms with Crippen LogP contribution < -0.4 is 16.2 Å². The fourth-order valence-electron chi connectivity index (χ4n) is 2.23. The van der Waals surface area contributed by atoms with Crippen molar-refractivity contribution in [3.8, 4) is 6.07 Å². The predicted molar refractivity (Wildman–Crippen MR) is 82.0 cm³/mol. The molecule has 0 spiro atoms. The molecule has 124 valence electrons. The molecule has 1 rings (SSSR count). The van der Waals surface area contributed by atoms with Gasteiger partial charge >= 0.3 is 0 Å². The van der Waals surface area contributed by atoms with E-state index in [1.807, 2.05) is 4.72 Å². The number of sulfonamides is 1. The van der Waals surface area contributed by atoms with Crippen LogP contribution in [0, 0.1) is 11.3 Å². The van der Waals surface area contributed by atoms with Gasteiger partial charge in [0.2, 0.25) is 21.9 Å². The standard InChI is InChI=1S/C12H22N6O3S/c1-22(20,21)17-12(15)16-6-2-5-10(14)11(19)18-7-3-4-9(18)8-13/h9-10H,2-7,14H2,1H3,(H3,15,16,17)/t9-,10-/m0/s1. The number of likely N-dealkylation sites (tertiary alicyclic amines) is 1. The van der Waals surface area contributed by atoms with Crippen molar-refractivity contribution < 1.29 is 13.2 Å². The van der Waals surface area contributed by atoms with Crippen LogP contribution in [0.2, 0.25) is 0 Å². The van der Waals surface area contributed by atoms with Gasteiger partial charge in [0.25, 0.3) is 0 Å². The van der Waals surface area contributed by atoms with Gasteiger partial charge < -0.3 is 16.4 Å². The van der Waals surface area contributed by atoms with Gasteiger partial charge in [-0.1, -0.05) is 0 Å². The van der Waals surface area contributed by atoms with E-state index in [1.54, 1.807) is 0 Å². The lowest BCUT2D eigenvalue weighted by molar-refractivity contribution is -0.132. The smallest absolute Gasteiger partial charge is 0.240 e. The Morgan fingerprint density at radius 1 is 1.59 bits per heavy atom. The second-order valence-electron chi connectivity index (χ2n) is 5.21.